The van der Waals surface area contributed by atoms with Crippen molar-refractivity contribution >= 4 is 23.3 Å². The van der Waals surface area contributed by atoms with E-state index in [4.69, 9.17) is 9.47 Å². The molecule has 1 N–H and O–H groups in total. The fraction of sp³-hybridized carbons (Fsp3) is 0.429. The molecule has 0 heterocycles. The highest BCUT2D eigenvalue weighted by Crippen LogP contribution is 2.34. The average Bonchev–Trinajstić information content (AvgIpc) is 2.34. The van der Waals surface area contributed by atoms with Crippen molar-refractivity contribution in [2.45, 2.75) is 33.3 Å². The predicted molar refractivity (Wildman–Crippen MR) is 78.7 cm³/mol. The highest BCUT2D eigenvalue weighted by Gasteiger charge is 2.21. The maximum Gasteiger partial charge on any atom is 0.344 e. The number of ether oxygens (including phenoxy) is 2. The van der Waals surface area contributed by atoms with E-state index in [2.05, 4.69) is 5.32 Å². The molecule has 0 saturated heterocycles. The van der Waals surface area contributed by atoms with Gasteiger partial charge in [0.2, 0.25) is 5.91 Å². The Hall–Kier alpha value is -2.64. The Labute approximate surface area is 127 Å². The quantitative estimate of drug-likeness (QED) is 0.508. The van der Waals surface area contributed by atoms with E-state index < -0.39 is 29.0 Å². The van der Waals surface area contributed by atoms with Crippen molar-refractivity contribution < 1.29 is 24.0 Å². The van der Waals surface area contributed by atoms with Crippen molar-refractivity contribution in [1.82, 2.24) is 0 Å². The van der Waals surface area contributed by atoms with Crippen LogP contribution in [0, 0.1) is 10.1 Å². The Morgan fingerprint density at radius 1 is 1.32 bits per heavy atom. The number of carbonyl (C=O) groups excluding carboxylic acids is 2. The van der Waals surface area contributed by atoms with Crippen molar-refractivity contribution in [3.05, 3.63) is 28.3 Å². The summed E-state index contributed by atoms with van der Waals surface area (Å²) in [6, 6.07) is 4.04. The van der Waals surface area contributed by atoms with E-state index in [1.165, 1.54) is 25.1 Å². The monoisotopic (exact) mass is 310 g/mol. The highest BCUT2D eigenvalue weighted by molar-refractivity contribution is 5.93. The lowest BCUT2D eigenvalue weighted by atomic mass is 10.2. The molecule has 0 saturated carbocycles. The molecule has 0 spiro atoms. The molecule has 1 aromatic rings. The molecule has 0 radical (unpaired) electrons. The van der Waals surface area contributed by atoms with E-state index >= 15 is 0 Å². The van der Waals surface area contributed by atoms with E-state index in [-0.39, 0.29) is 17.1 Å². The molecule has 1 amide bonds. The third-order valence-corrected chi connectivity index (χ3v) is 2.27. The Morgan fingerprint density at radius 2 is 1.95 bits per heavy atom. The molecule has 0 aliphatic carbocycles. The first-order valence-electron chi connectivity index (χ1n) is 6.50. The summed E-state index contributed by atoms with van der Waals surface area (Å²) in [6.45, 7) is 5.92. The lowest BCUT2D eigenvalue weighted by Crippen LogP contribution is -2.27. The number of nitro benzene ring substituents is 1. The summed E-state index contributed by atoms with van der Waals surface area (Å²) in [5.41, 5.74) is -1.08. The molecule has 1 aromatic carbocycles. The Morgan fingerprint density at radius 3 is 2.45 bits per heavy atom. The van der Waals surface area contributed by atoms with Gasteiger partial charge in [0, 0.05) is 13.0 Å². The van der Waals surface area contributed by atoms with Crippen molar-refractivity contribution in [3.63, 3.8) is 0 Å². The Balaban J connectivity index is 2.94. The van der Waals surface area contributed by atoms with Crippen LogP contribution in [0.1, 0.15) is 27.7 Å². The van der Waals surface area contributed by atoms with E-state index in [0.29, 0.717) is 0 Å². The van der Waals surface area contributed by atoms with Crippen LogP contribution in [0.3, 0.4) is 0 Å². The predicted octanol–water partition coefficient (Wildman–Crippen LogP) is 2.27. The fourth-order valence-electron chi connectivity index (χ4n) is 1.60. The van der Waals surface area contributed by atoms with Gasteiger partial charge >= 0.3 is 5.97 Å². The molecule has 8 nitrogen and oxygen atoms in total. The van der Waals surface area contributed by atoms with Gasteiger partial charge in [-0.15, -0.1) is 0 Å². The van der Waals surface area contributed by atoms with Gasteiger partial charge in [0.15, 0.2) is 18.0 Å². The lowest BCUT2D eigenvalue weighted by Gasteiger charge is -2.19. The van der Waals surface area contributed by atoms with E-state index in [1.54, 1.807) is 20.8 Å². The van der Waals surface area contributed by atoms with E-state index in [0.717, 1.165) is 0 Å². The number of hydrogen-bond acceptors (Lipinski definition) is 6. The Bertz CT molecular complexity index is 591. The molecule has 22 heavy (non-hydrogen) atoms. The van der Waals surface area contributed by atoms with Crippen molar-refractivity contribution in [2.75, 3.05) is 11.9 Å². The minimum absolute atomic E-state index is 0.0234. The molecule has 0 atom stereocenters. The van der Waals surface area contributed by atoms with Gasteiger partial charge in [-0.1, -0.05) is 6.07 Å². The third kappa shape index (κ3) is 5.39. The number of nitro groups is 1. The zero-order valence-corrected chi connectivity index (χ0v) is 12.8. The molecule has 0 aliphatic rings. The zero-order chi connectivity index (χ0) is 16.9. The van der Waals surface area contributed by atoms with Gasteiger partial charge < -0.3 is 14.8 Å². The summed E-state index contributed by atoms with van der Waals surface area (Å²) < 4.78 is 10.3. The Kier molecular flexibility index (Phi) is 5.44. The van der Waals surface area contributed by atoms with Crippen LogP contribution in [-0.4, -0.2) is 29.0 Å². The molecule has 0 fully saturated rings. The van der Waals surface area contributed by atoms with Crippen LogP contribution in [0.15, 0.2) is 18.2 Å². The van der Waals surface area contributed by atoms with Crippen LogP contribution in [0.5, 0.6) is 5.75 Å². The van der Waals surface area contributed by atoms with Crippen molar-refractivity contribution in [2.24, 2.45) is 0 Å². The number of nitrogens with zero attached hydrogens (tertiary/aromatic N) is 1. The summed E-state index contributed by atoms with van der Waals surface area (Å²) in [4.78, 5) is 33.1. The average molecular weight is 310 g/mol. The van der Waals surface area contributed by atoms with Gasteiger partial charge in [-0.25, -0.2) is 4.79 Å². The summed E-state index contributed by atoms with van der Waals surface area (Å²) in [5.74, 6) is -1.08. The van der Waals surface area contributed by atoms with Crippen LogP contribution in [-0.2, 0) is 14.3 Å². The van der Waals surface area contributed by atoms with Gasteiger partial charge in [0.1, 0.15) is 5.60 Å². The van der Waals surface area contributed by atoms with Crippen LogP contribution in [0.4, 0.5) is 11.4 Å². The van der Waals surface area contributed by atoms with Crippen LogP contribution < -0.4 is 10.1 Å². The number of hydrogen-bond donors (Lipinski definition) is 1. The molecule has 0 unspecified atom stereocenters. The third-order valence-electron chi connectivity index (χ3n) is 2.27. The van der Waals surface area contributed by atoms with Crippen LogP contribution in [0.25, 0.3) is 0 Å². The van der Waals surface area contributed by atoms with Gasteiger partial charge in [0.05, 0.1) is 4.92 Å². The van der Waals surface area contributed by atoms with Gasteiger partial charge in [-0.3, -0.25) is 14.9 Å². The SMILES string of the molecule is CC(=O)Nc1c(OCC(=O)OC(C)(C)C)cccc1[N+](=O)[O-]. The topological polar surface area (TPSA) is 108 Å². The second-order valence-corrected chi connectivity index (χ2v) is 5.46. The fourth-order valence-corrected chi connectivity index (χ4v) is 1.60. The number of anilines is 1. The number of esters is 1. The summed E-state index contributed by atoms with van der Waals surface area (Å²) >= 11 is 0. The largest absolute Gasteiger partial charge is 0.479 e. The maximum absolute atomic E-state index is 11.6. The molecule has 0 aromatic heterocycles. The summed E-state index contributed by atoms with van der Waals surface area (Å²) in [6.07, 6.45) is 0. The number of nitrogens with one attached hydrogen (secondary N) is 1. The first kappa shape index (κ1) is 17.4. The number of amides is 1. The highest BCUT2D eigenvalue weighted by atomic mass is 16.6. The molecule has 120 valence electrons. The normalized spacial score (nSPS) is 10.7. The standard InChI is InChI=1S/C14H18N2O6/c1-9(17)15-13-10(16(19)20)6-5-7-11(13)21-8-12(18)22-14(2,3)4/h5-7H,8H2,1-4H3,(H,15,17). The molecule has 0 aliphatic heterocycles. The smallest absolute Gasteiger partial charge is 0.344 e. The molecular formula is C14H18N2O6. The number of para-hydroxylation sites is 1. The maximum atomic E-state index is 11.6. The van der Waals surface area contributed by atoms with Gasteiger partial charge in [0.25, 0.3) is 5.69 Å². The van der Waals surface area contributed by atoms with E-state index in [1.807, 2.05) is 0 Å². The molecular weight excluding hydrogens is 292 g/mol. The lowest BCUT2D eigenvalue weighted by molar-refractivity contribution is -0.384. The van der Waals surface area contributed by atoms with Gasteiger partial charge in [-0.2, -0.15) is 0 Å². The first-order chi connectivity index (χ1) is 10.1. The molecule has 8 heteroatoms. The molecule has 0 bridgehead atoms. The minimum atomic E-state index is -0.663. The molecule has 1 rings (SSSR count). The van der Waals surface area contributed by atoms with Crippen LogP contribution >= 0.6 is 0 Å². The van der Waals surface area contributed by atoms with Gasteiger partial charge in [-0.05, 0) is 26.8 Å². The number of carbonyl (C=O) groups is 2. The second-order valence-electron chi connectivity index (χ2n) is 5.46. The minimum Gasteiger partial charge on any atom is -0.479 e. The van der Waals surface area contributed by atoms with Crippen LogP contribution in [0.2, 0.25) is 0 Å². The summed E-state index contributed by atoms with van der Waals surface area (Å²) in [5, 5.41) is 13.3. The van der Waals surface area contributed by atoms with Crippen molar-refractivity contribution in [3.8, 4) is 5.75 Å². The summed E-state index contributed by atoms with van der Waals surface area (Å²) in [7, 11) is 0. The number of benzene rings is 1. The van der Waals surface area contributed by atoms with E-state index in [9.17, 15) is 19.7 Å². The first-order valence-corrected chi connectivity index (χ1v) is 6.50. The second kappa shape index (κ2) is 6.88. The number of rotatable bonds is 5. The zero-order valence-electron chi connectivity index (χ0n) is 12.8. The van der Waals surface area contributed by atoms with Crippen molar-refractivity contribution in [1.29, 1.82) is 0 Å².